The third-order valence-corrected chi connectivity index (χ3v) is 3.41. The smallest absolute Gasteiger partial charge is 0.233 e. The molecule has 1 aliphatic rings. The van der Waals surface area contributed by atoms with E-state index < -0.39 is 0 Å². The van der Waals surface area contributed by atoms with Crippen molar-refractivity contribution in [1.82, 2.24) is 10.2 Å². The van der Waals surface area contributed by atoms with Crippen molar-refractivity contribution in [2.24, 2.45) is 11.7 Å². The van der Waals surface area contributed by atoms with Crippen LogP contribution in [-0.4, -0.2) is 10.2 Å². The molecule has 0 aliphatic heterocycles. The van der Waals surface area contributed by atoms with Crippen LogP contribution >= 0.6 is 0 Å². The molecule has 1 heterocycles. The molecule has 0 amide bonds. The fourth-order valence-corrected chi connectivity index (χ4v) is 2.18. The van der Waals surface area contributed by atoms with Gasteiger partial charge in [-0.05, 0) is 18.8 Å². The third kappa shape index (κ3) is 2.43. The van der Waals surface area contributed by atoms with E-state index in [9.17, 15) is 0 Å². The lowest BCUT2D eigenvalue weighted by molar-refractivity contribution is 0.326. The average Bonchev–Trinajstić information content (AvgIpc) is 2.78. The van der Waals surface area contributed by atoms with Crippen molar-refractivity contribution in [3.05, 3.63) is 11.8 Å². The van der Waals surface area contributed by atoms with Crippen LogP contribution in [0.1, 0.15) is 69.7 Å². The molecule has 1 aromatic heterocycles. The van der Waals surface area contributed by atoms with Gasteiger partial charge in [0.15, 0.2) is 0 Å². The fourth-order valence-electron chi connectivity index (χ4n) is 2.18. The van der Waals surface area contributed by atoms with Gasteiger partial charge in [-0.15, -0.1) is 10.2 Å². The minimum atomic E-state index is -0.134. The summed E-state index contributed by atoms with van der Waals surface area (Å²) in [4.78, 5) is 0. The van der Waals surface area contributed by atoms with E-state index in [1.165, 1.54) is 32.1 Å². The molecule has 90 valence electrons. The molecule has 0 saturated heterocycles. The van der Waals surface area contributed by atoms with E-state index in [4.69, 9.17) is 10.2 Å². The Morgan fingerprint density at radius 3 is 2.50 bits per heavy atom. The van der Waals surface area contributed by atoms with Crippen LogP contribution in [0.5, 0.6) is 0 Å². The van der Waals surface area contributed by atoms with Crippen molar-refractivity contribution >= 4 is 0 Å². The zero-order valence-electron chi connectivity index (χ0n) is 10.1. The van der Waals surface area contributed by atoms with Crippen molar-refractivity contribution < 1.29 is 4.42 Å². The zero-order chi connectivity index (χ0) is 11.5. The van der Waals surface area contributed by atoms with E-state index >= 15 is 0 Å². The maximum absolute atomic E-state index is 5.98. The first-order chi connectivity index (χ1) is 7.68. The molecule has 1 aliphatic carbocycles. The molecule has 0 radical (unpaired) electrons. The lowest BCUT2D eigenvalue weighted by atomic mass is 9.89. The zero-order valence-corrected chi connectivity index (χ0v) is 10.1. The maximum Gasteiger partial charge on any atom is 0.233 e. The number of nitrogens with two attached hydrogens (primary N) is 1. The highest BCUT2D eigenvalue weighted by atomic mass is 16.4. The molecule has 4 nitrogen and oxygen atoms in total. The number of hydrogen-bond donors (Lipinski definition) is 1. The lowest BCUT2D eigenvalue weighted by Crippen LogP contribution is -2.16. The second-order valence-corrected chi connectivity index (χ2v) is 5.08. The molecule has 2 N–H and O–H groups in total. The van der Waals surface area contributed by atoms with Crippen molar-refractivity contribution in [2.45, 2.75) is 57.9 Å². The van der Waals surface area contributed by atoms with Crippen LogP contribution in [0.25, 0.3) is 0 Å². The molecular weight excluding hydrogens is 202 g/mol. The van der Waals surface area contributed by atoms with E-state index in [0.717, 1.165) is 5.89 Å². The average molecular weight is 223 g/mol. The van der Waals surface area contributed by atoms with Crippen LogP contribution in [0.2, 0.25) is 0 Å². The number of rotatable bonds is 3. The number of nitrogens with zero attached hydrogens (tertiary/aromatic N) is 2. The van der Waals surface area contributed by atoms with Crippen LogP contribution in [-0.2, 0) is 0 Å². The molecule has 1 aromatic rings. The van der Waals surface area contributed by atoms with E-state index in [0.29, 0.717) is 17.7 Å². The molecule has 1 atom stereocenters. The molecule has 0 aromatic carbocycles. The molecular formula is C12H21N3O. The van der Waals surface area contributed by atoms with Crippen LogP contribution in [0.3, 0.4) is 0 Å². The van der Waals surface area contributed by atoms with Crippen molar-refractivity contribution in [1.29, 1.82) is 0 Å². The minimum absolute atomic E-state index is 0.134. The summed E-state index contributed by atoms with van der Waals surface area (Å²) in [6, 6.07) is -0.134. The largest absolute Gasteiger partial charge is 0.423 e. The summed E-state index contributed by atoms with van der Waals surface area (Å²) in [5, 5.41) is 8.22. The van der Waals surface area contributed by atoms with Crippen molar-refractivity contribution in [3.8, 4) is 0 Å². The highest BCUT2D eigenvalue weighted by Crippen LogP contribution is 2.32. The van der Waals surface area contributed by atoms with Gasteiger partial charge in [-0.25, -0.2) is 0 Å². The van der Waals surface area contributed by atoms with Gasteiger partial charge in [-0.3, -0.25) is 0 Å². The van der Waals surface area contributed by atoms with Gasteiger partial charge in [0, 0.05) is 5.92 Å². The minimum Gasteiger partial charge on any atom is -0.423 e. The Morgan fingerprint density at radius 1 is 1.19 bits per heavy atom. The normalized spacial score (nSPS) is 20.2. The standard InChI is InChI=1S/C12H21N3O/c1-8(2)10(13)12-15-14-11(16-12)9-6-4-3-5-7-9/h8-10H,3-7,13H2,1-2H3. The summed E-state index contributed by atoms with van der Waals surface area (Å²) in [6.45, 7) is 4.13. The highest BCUT2D eigenvalue weighted by Gasteiger charge is 2.23. The van der Waals surface area contributed by atoms with Crippen molar-refractivity contribution in [2.75, 3.05) is 0 Å². The van der Waals surface area contributed by atoms with E-state index in [2.05, 4.69) is 24.0 Å². The summed E-state index contributed by atoms with van der Waals surface area (Å²) >= 11 is 0. The van der Waals surface area contributed by atoms with Gasteiger partial charge < -0.3 is 10.2 Å². The molecule has 0 spiro atoms. The predicted octanol–water partition coefficient (Wildman–Crippen LogP) is 2.77. The number of aromatic nitrogens is 2. The Kier molecular flexibility index (Phi) is 3.59. The van der Waals surface area contributed by atoms with Gasteiger partial charge in [0.2, 0.25) is 11.8 Å². The summed E-state index contributed by atoms with van der Waals surface area (Å²) in [5.74, 6) is 2.19. The second-order valence-electron chi connectivity index (χ2n) is 5.08. The molecule has 2 rings (SSSR count). The van der Waals surface area contributed by atoms with E-state index in [1.54, 1.807) is 0 Å². The third-order valence-electron chi connectivity index (χ3n) is 3.41. The van der Waals surface area contributed by atoms with Crippen molar-refractivity contribution in [3.63, 3.8) is 0 Å². The first kappa shape index (κ1) is 11.6. The van der Waals surface area contributed by atoms with Crippen LogP contribution in [0.15, 0.2) is 4.42 Å². The van der Waals surface area contributed by atoms with E-state index in [1.807, 2.05) is 0 Å². The summed E-state index contributed by atoms with van der Waals surface area (Å²) < 4.78 is 5.70. The van der Waals surface area contributed by atoms with Crippen LogP contribution in [0.4, 0.5) is 0 Å². The van der Waals surface area contributed by atoms with Crippen LogP contribution in [0, 0.1) is 5.92 Å². The molecule has 16 heavy (non-hydrogen) atoms. The first-order valence-corrected chi connectivity index (χ1v) is 6.27. The molecule has 1 unspecified atom stereocenters. The van der Waals surface area contributed by atoms with Gasteiger partial charge in [0.25, 0.3) is 0 Å². The molecule has 0 bridgehead atoms. The molecule has 1 fully saturated rings. The Balaban J connectivity index is 2.06. The summed E-state index contributed by atoms with van der Waals surface area (Å²) in [6.07, 6.45) is 6.25. The van der Waals surface area contributed by atoms with Gasteiger partial charge in [0.1, 0.15) is 0 Å². The number of hydrogen-bond acceptors (Lipinski definition) is 4. The molecule has 4 heteroatoms. The van der Waals surface area contributed by atoms with Gasteiger partial charge in [-0.2, -0.15) is 0 Å². The van der Waals surface area contributed by atoms with Gasteiger partial charge in [-0.1, -0.05) is 33.1 Å². The first-order valence-electron chi connectivity index (χ1n) is 6.27. The van der Waals surface area contributed by atoms with E-state index in [-0.39, 0.29) is 6.04 Å². The van der Waals surface area contributed by atoms with Gasteiger partial charge >= 0.3 is 0 Å². The Labute approximate surface area is 96.6 Å². The lowest BCUT2D eigenvalue weighted by Gasteiger charge is -2.17. The summed E-state index contributed by atoms with van der Waals surface area (Å²) in [5.41, 5.74) is 5.98. The summed E-state index contributed by atoms with van der Waals surface area (Å²) in [7, 11) is 0. The second kappa shape index (κ2) is 4.95. The SMILES string of the molecule is CC(C)C(N)c1nnc(C2CCCCC2)o1. The quantitative estimate of drug-likeness (QED) is 0.855. The van der Waals surface area contributed by atoms with Crippen LogP contribution < -0.4 is 5.73 Å². The Hall–Kier alpha value is -0.900. The Morgan fingerprint density at radius 2 is 1.88 bits per heavy atom. The van der Waals surface area contributed by atoms with Gasteiger partial charge in [0.05, 0.1) is 6.04 Å². The fraction of sp³-hybridized carbons (Fsp3) is 0.833. The molecule has 1 saturated carbocycles. The highest BCUT2D eigenvalue weighted by molar-refractivity contribution is 4.96. The Bertz CT molecular complexity index is 329. The maximum atomic E-state index is 5.98. The topological polar surface area (TPSA) is 64.9 Å². The predicted molar refractivity (Wildman–Crippen MR) is 61.9 cm³/mol. The monoisotopic (exact) mass is 223 g/mol.